The van der Waals surface area contributed by atoms with Crippen molar-refractivity contribution in [2.75, 3.05) is 12.8 Å². The maximum Gasteiger partial charge on any atom is 0.251 e. The molecule has 6 heteroatoms. The summed E-state index contributed by atoms with van der Waals surface area (Å²) in [6.45, 7) is 4.26. The van der Waals surface area contributed by atoms with Crippen molar-refractivity contribution in [1.29, 1.82) is 0 Å². The zero-order valence-electron chi connectivity index (χ0n) is 20.3. The van der Waals surface area contributed by atoms with Crippen molar-refractivity contribution in [2.45, 2.75) is 20.4 Å². The standard InChI is InChI=1S/C30H25N3O3/c1-16-12-27(31)33-17(2)25(16)15-32-30(34)19-9-11-22-24(14-19)29-21-10-8-18(13-23(21)28(22)36-29)20-6-4-5-7-26(20)35-3/h4-14H,15H2,1-3H3,(H2,31,33)(H,32,34). The lowest BCUT2D eigenvalue weighted by Crippen LogP contribution is -2.24. The number of para-hydroxylation sites is 1. The number of fused-ring (bicyclic) bond motifs is 8. The summed E-state index contributed by atoms with van der Waals surface area (Å²) in [5.41, 5.74) is 12.9. The number of carbonyl (C=O) groups excluding carboxylic acids is 1. The first kappa shape index (κ1) is 21.9. The van der Waals surface area contributed by atoms with E-state index in [-0.39, 0.29) is 5.91 Å². The number of nitrogens with one attached hydrogen (secondary N) is 1. The largest absolute Gasteiger partial charge is 0.496 e. The second-order valence-corrected chi connectivity index (χ2v) is 9.09. The number of nitrogen functional groups attached to an aromatic ring is 1. The van der Waals surface area contributed by atoms with Crippen LogP contribution in [0, 0.1) is 13.8 Å². The van der Waals surface area contributed by atoms with E-state index in [1.807, 2.05) is 56.3 Å². The number of nitrogens with zero attached hydrogens (tertiary/aromatic N) is 1. The molecule has 1 amide bonds. The highest BCUT2D eigenvalue weighted by Crippen LogP contribution is 2.43. The Morgan fingerprint density at radius 2 is 1.67 bits per heavy atom. The first-order valence-corrected chi connectivity index (χ1v) is 11.8. The van der Waals surface area contributed by atoms with Crippen LogP contribution < -0.4 is 15.8 Å². The Morgan fingerprint density at radius 3 is 2.42 bits per heavy atom. The van der Waals surface area contributed by atoms with Gasteiger partial charge in [0.05, 0.1) is 7.11 Å². The number of nitrogens with two attached hydrogens (primary N) is 1. The molecule has 178 valence electrons. The summed E-state index contributed by atoms with van der Waals surface area (Å²) < 4.78 is 11.8. The van der Waals surface area contributed by atoms with Crippen molar-refractivity contribution in [1.82, 2.24) is 10.3 Å². The number of hydrogen-bond donors (Lipinski definition) is 2. The van der Waals surface area contributed by atoms with Gasteiger partial charge in [-0.1, -0.05) is 24.3 Å². The van der Waals surface area contributed by atoms with Crippen molar-refractivity contribution >= 4 is 44.4 Å². The highest BCUT2D eigenvalue weighted by molar-refractivity contribution is 6.26. The van der Waals surface area contributed by atoms with E-state index in [1.165, 1.54) is 0 Å². The molecule has 0 aliphatic rings. The summed E-state index contributed by atoms with van der Waals surface area (Å²) in [7, 11) is 1.68. The number of furan rings is 2. The smallest absolute Gasteiger partial charge is 0.251 e. The SMILES string of the molecule is COc1ccccc1-c1ccc2c(c1)c1oc2c2cc(C(=O)NCc3c(C)cc(N)nc3C)ccc21. The van der Waals surface area contributed by atoms with E-state index in [1.54, 1.807) is 7.11 Å². The fourth-order valence-electron chi connectivity index (χ4n) is 5.09. The molecule has 0 saturated heterocycles. The van der Waals surface area contributed by atoms with Gasteiger partial charge in [0.2, 0.25) is 0 Å². The second kappa shape index (κ2) is 8.27. The van der Waals surface area contributed by atoms with Gasteiger partial charge in [0.25, 0.3) is 5.91 Å². The molecule has 0 spiro atoms. The minimum atomic E-state index is -0.145. The van der Waals surface area contributed by atoms with Gasteiger partial charge in [0.1, 0.15) is 22.7 Å². The van der Waals surface area contributed by atoms with Crippen molar-refractivity contribution in [3.05, 3.63) is 89.1 Å². The third-order valence-electron chi connectivity index (χ3n) is 6.90. The highest BCUT2D eigenvalue weighted by atomic mass is 16.5. The minimum absolute atomic E-state index is 0.145. The average Bonchev–Trinajstić information content (AvgIpc) is 3.44. The van der Waals surface area contributed by atoms with Gasteiger partial charge in [0, 0.05) is 44.9 Å². The maximum atomic E-state index is 13.0. The molecule has 6 rings (SSSR count). The Balaban J connectivity index is 1.34. The van der Waals surface area contributed by atoms with Gasteiger partial charge in [-0.25, -0.2) is 4.98 Å². The van der Waals surface area contributed by atoms with Crippen LogP contribution in [0.4, 0.5) is 5.82 Å². The van der Waals surface area contributed by atoms with Crippen molar-refractivity contribution in [3.8, 4) is 16.9 Å². The number of benzene rings is 4. The van der Waals surface area contributed by atoms with E-state index >= 15 is 0 Å². The van der Waals surface area contributed by atoms with E-state index in [2.05, 4.69) is 34.6 Å². The van der Waals surface area contributed by atoms with Crippen LogP contribution in [0.2, 0.25) is 0 Å². The molecular weight excluding hydrogens is 450 g/mol. The zero-order valence-corrected chi connectivity index (χ0v) is 20.3. The monoisotopic (exact) mass is 475 g/mol. The van der Waals surface area contributed by atoms with Gasteiger partial charge in [-0.15, -0.1) is 0 Å². The predicted octanol–water partition coefficient (Wildman–Crippen LogP) is 6.38. The molecule has 3 N–H and O–H groups in total. The first-order valence-electron chi connectivity index (χ1n) is 11.8. The lowest BCUT2D eigenvalue weighted by molar-refractivity contribution is 0.0951. The normalized spacial score (nSPS) is 11.5. The Morgan fingerprint density at radius 1 is 0.944 bits per heavy atom. The van der Waals surface area contributed by atoms with Gasteiger partial charge < -0.3 is 20.2 Å². The van der Waals surface area contributed by atoms with E-state index in [0.717, 1.165) is 66.4 Å². The first-order chi connectivity index (χ1) is 17.4. The molecule has 6 aromatic rings. The second-order valence-electron chi connectivity index (χ2n) is 9.09. The summed E-state index contributed by atoms with van der Waals surface area (Å²) in [6, 6.07) is 21.8. The van der Waals surface area contributed by atoms with Crippen molar-refractivity contribution in [2.24, 2.45) is 0 Å². The topological polar surface area (TPSA) is 90.4 Å². The Kier molecular flexibility index (Phi) is 5.04. The molecule has 0 atom stereocenters. The predicted molar refractivity (Wildman–Crippen MR) is 144 cm³/mol. The number of rotatable bonds is 5. The summed E-state index contributed by atoms with van der Waals surface area (Å²) in [5.74, 6) is 1.17. The summed E-state index contributed by atoms with van der Waals surface area (Å²) in [6.07, 6.45) is 0. The number of aryl methyl sites for hydroxylation is 2. The average molecular weight is 476 g/mol. The molecule has 0 fully saturated rings. The van der Waals surface area contributed by atoms with Crippen LogP contribution in [0.1, 0.15) is 27.2 Å². The van der Waals surface area contributed by atoms with Crippen LogP contribution in [-0.4, -0.2) is 18.0 Å². The van der Waals surface area contributed by atoms with Crippen LogP contribution in [0.15, 0.2) is 71.1 Å². The molecule has 3 heterocycles. The molecule has 6 nitrogen and oxygen atoms in total. The van der Waals surface area contributed by atoms with E-state index in [9.17, 15) is 4.79 Å². The minimum Gasteiger partial charge on any atom is -0.496 e. The molecule has 2 bridgehead atoms. The van der Waals surface area contributed by atoms with Crippen molar-refractivity contribution < 1.29 is 13.9 Å². The molecule has 3 aromatic carbocycles. The van der Waals surface area contributed by atoms with Crippen LogP contribution in [0.5, 0.6) is 5.75 Å². The fraction of sp³-hybridized carbons (Fsp3) is 0.133. The number of pyridine rings is 1. The zero-order chi connectivity index (χ0) is 25.0. The maximum absolute atomic E-state index is 13.0. The third-order valence-corrected chi connectivity index (χ3v) is 6.90. The Hall–Kier alpha value is -4.58. The lowest BCUT2D eigenvalue weighted by atomic mass is 9.97. The summed E-state index contributed by atoms with van der Waals surface area (Å²) in [5, 5.41) is 7.05. The molecule has 0 saturated carbocycles. The molecular formula is C30H25N3O3. The van der Waals surface area contributed by atoms with Gasteiger partial charge >= 0.3 is 0 Å². The number of anilines is 1. The number of carbonyl (C=O) groups is 1. The summed E-state index contributed by atoms with van der Waals surface area (Å²) in [4.78, 5) is 17.3. The van der Waals surface area contributed by atoms with Crippen LogP contribution in [0.25, 0.3) is 43.8 Å². The summed E-state index contributed by atoms with van der Waals surface area (Å²) >= 11 is 0. The third kappa shape index (κ3) is 3.41. The molecule has 3 aromatic heterocycles. The highest BCUT2D eigenvalue weighted by Gasteiger charge is 2.20. The molecule has 36 heavy (non-hydrogen) atoms. The quantitative estimate of drug-likeness (QED) is 0.283. The number of amides is 1. The Labute approximate surface area is 208 Å². The number of aromatic nitrogens is 1. The molecule has 0 aliphatic heterocycles. The van der Waals surface area contributed by atoms with E-state index < -0.39 is 0 Å². The van der Waals surface area contributed by atoms with Crippen LogP contribution in [-0.2, 0) is 6.54 Å². The van der Waals surface area contributed by atoms with Crippen LogP contribution in [0.3, 0.4) is 0 Å². The van der Waals surface area contributed by atoms with Crippen molar-refractivity contribution in [3.63, 3.8) is 0 Å². The molecule has 0 radical (unpaired) electrons. The number of methoxy groups -OCH3 is 1. The Bertz CT molecular complexity index is 1760. The molecule has 0 aliphatic carbocycles. The van der Waals surface area contributed by atoms with E-state index in [4.69, 9.17) is 14.9 Å². The van der Waals surface area contributed by atoms with Crippen LogP contribution >= 0.6 is 0 Å². The van der Waals surface area contributed by atoms with Gasteiger partial charge in [-0.05, 0) is 73.0 Å². The van der Waals surface area contributed by atoms with Gasteiger partial charge in [0.15, 0.2) is 0 Å². The lowest BCUT2D eigenvalue weighted by Gasteiger charge is -2.12. The number of ether oxygens (including phenoxy) is 1. The van der Waals surface area contributed by atoms with Gasteiger partial charge in [-0.3, -0.25) is 4.79 Å². The fourth-order valence-corrected chi connectivity index (χ4v) is 5.09. The van der Waals surface area contributed by atoms with Gasteiger partial charge in [-0.2, -0.15) is 0 Å². The van der Waals surface area contributed by atoms with E-state index in [0.29, 0.717) is 17.9 Å². The molecule has 0 unspecified atom stereocenters. The number of hydrogen-bond acceptors (Lipinski definition) is 5.